The van der Waals surface area contributed by atoms with Crippen molar-refractivity contribution in [1.29, 1.82) is 0 Å². The van der Waals surface area contributed by atoms with Crippen molar-refractivity contribution in [3.8, 4) is 11.5 Å². The molecule has 2 aromatic rings. The molecule has 0 aliphatic rings. The van der Waals surface area contributed by atoms with Crippen LogP contribution in [-0.2, 0) is 10.2 Å². The molecule has 0 spiro atoms. The molecule has 0 atom stereocenters. The van der Waals surface area contributed by atoms with Gasteiger partial charge in [0.2, 0.25) is 0 Å². The van der Waals surface area contributed by atoms with Gasteiger partial charge in [0.1, 0.15) is 11.5 Å². The van der Waals surface area contributed by atoms with Crippen molar-refractivity contribution in [3.63, 3.8) is 0 Å². The molecule has 0 heterocycles. The van der Waals surface area contributed by atoms with Crippen molar-refractivity contribution < 1.29 is 19.2 Å². The summed E-state index contributed by atoms with van der Waals surface area (Å²) >= 11 is 7.11. The first-order chi connectivity index (χ1) is 15.7. The number of hydrogen-bond donors (Lipinski definition) is 1. The van der Waals surface area contributed by atoms with Crippen molar-refractivity contribution in [2.24, 2.45) is 10.5 Å². The summed E-state index contributed by atoms with van der Waals surface area (Å²) in [5.41, 5.74) is 3.86. The lowest BCUT2D eigenvalue weighted by atomic mass is 9.72. The summed E-state index contributed by atoms with van der Waals surface area (Å²) in [6.45, 7) is 10.8. The Bertz CT molecular complexity index is 1070. The molecular formula is C24H29Br2N3O5. The second kappa shape index (κ2) is 11.3. The van der Waals surface area contributed by atoms with E-state index in [9.17, 15) is 14.9 Å². The molecule has 0 bridgehead atoms. The van der Waals surface area contributed by atoms with Gasteiger partial charge in [-0.05, 0) is 72.9 Å². The fourth-order valence-corrected chi connectivity index (χ4v) is 5.21. The van der Waals surface area contributed by atoms with Gasteiger partial charge in [0.05, 0.1) is 27.2 Å². The second-order valence-corrected chi connectivity index (χ2v) is 11.4. The van der Waals surface area contributed by atoms with Gasteiger partial charge in [-0.3, -0.25) is 14.9 Å². The smallest absolute Gasteiger partial charge is 0.277 e. The summed E-state index contributed by atoms with van der Waals surface area (Å²) in [4.78, 5) is 22.7. The van der Waals surface area contributed by atoms with Gasteiger partial charge in [0, 0.05) is 17.7 Å². The van der Waals surface area contributed by atoms with Gasteiger partial charge in [0.15, 0.2) is 6.61 Å². The Kier molecular flexibility index (Phi) is 9.24. The molecule has 184 valence electrons. The maximum Gasteiger partial charge on any atom is 0.277 e. The standard InChI is InChI=1S/C24H29Br2N3O5/c1-23(2,3)14-24(4,5)16-10-18(25)22(19(26)11-16)34-13-21(30)28-27-12-15-9-17(29(31)32)7-8-20(15)33-6/h7-12H,13-14H2,1-6H3,(H,28,30). The number of carbonyl (C=O) groups excluding carboxylic acids is 1. The summed E-state index contributed by atoms with van der Waals surface area (Å²) in [5.74, 6) is 0.411. The molecule has 2 aromatic carbocycles. The normalized spacial score (nSPS) is 12.0. The highest BCUT2D eigenvalue weighted by Gasteiger charge is 2.28. The highest BCUT2D eigenvalue weighted by Crippen LogP contribution is 2.42. The fourth-order valence-electron chi connectivity index (χ4n) is 3.80. The maximum absolute atomic E-state index is 12.2. The average Bonchev–Trinajstić information content (AvgIpc) is 2.71. The Morgan fingerprint density at radius 1 is 1.15 bits per heavy atom. The molecule has 0 aliphatic carbocycles. The van der Waals surface area contributed by atoms with Crippen molar-refractivity contribution in [2.75, 3.05) is 13.7 Å². The quantitative estimate of drug-likeness (QED) is 0.205. The van der Waals surface area contributed by atoms with Crippen LogP contribution in [0.5, 0.6) is 11.5 Å². The zero-order chi connectivity index (χ0) is 25.7. The number of benzene rings is 2. The fraction of sp³-hybridized carbons (Fsp3) is 0.417. The Hall–Kier alpha value is -2.46. The summed E-state index contributed by atoms with van der Waals surface area (Å²) in [6.07, 6.45) is 2.27. The van der Waals surface area contributed by atoms with E-state index in [0.29, 0.717) is 17.1 Å². The van der Waals surface area contributed by atoms with E-state index >= 15 is 0 Å². The van der Waals surface area contributed by atoms with Crippen LogP contribution >= 0.6 is 31.9 Å². The van der Waals surface area contributed by atoms with Crippen LogP contribution in [0.15, 0.2) is 44.4 Å². The molecule has 0 unspecified atom stereocenters. The number of nitro groups is 1. The SMILES string of the molecule is COc1ccc([N+](=O)[O-])cc1C=NNC(=O)COc1c(Br)cc(C(C)(C)CC(C)(C)C)cc1Br. The first-order valence-electron chi connectivity index (χ1n) is 10.5. The molecule has 1 amide bonds. The van der Waals surface area contributed by atoms with Crippen molar-refractivity contribution >= 4 is 49.7 Å². The van der Waals surface area contributed by atoms with Gasteiger partial charge in [0.25, 0.3) is 11.6 Å². The Balaban J connectivity index is 2.05. The van der Waals surface area contributed by atoms with Crippen molar-refractivity contribution in [2.45, 2.75) is 46.5 Å². The van der Waals surface area contributed by atoms with E-state index in [2.05, 4.69) is 77.0 Å². The largest absolute Gasteiger partial charge is 0.496 e. The van der Waals surface area contributed by atoms with E-state index in [4.69, 9.17) is 9.47 Å². The Morgan fingerprint density at radius 3 is 2.29 bits per heavy atom. The second-order valence-electron chi connectivity index (χ2n) is 9.66. The summed E-state index contributed by atoms with van der Waals surface area (Å²) in [6, 6.07) is 8.12. The van der Waals surface area contributed by atoms with E-state index in [1.54, 1.807) is 0 Å². The highest BCUT2D eigenvalue weighted by molar-refractivity contribution is 9.11. The van der Waals surface area contributed by atoms with Crippen LogP contribution in [0.1, 0.15) is 52.2 Å². The number of amides is 1. The van der Waals surface area contributed by atoms with Gasteiger partial charge in [-0.15, -0.1) is 0 Å². The minimum atomic E-state index is -0.519. The number of nitro benzene ring substituents is 1. The molecule has 1 N–H and O–H groups in total. The first kappa shape index (κ1) is 27.8. The lowest BCUT2D eigenvalue weighted by Gasteiger charge is -2.33. The molecule has 0 aliphatic heterocycles. The third kappa shape index (κ3) is 7.80. The summed E-state index contributed by atoms with van der Waals surface area (Å²) in [7, 11) is 1.44. The topological polar surface area (TPSA) is 103 Å². The monoisotopic (exact) mass is 597 g/mol. The van der Waals surface area contributed by atoms with E-state index < -0.39 is 10.8 Å². The lowest BCUT2D eigenvalue weighted by Crippen LogP contribution is -2.26. The average molecular weight is 599 g/mol. The molecule has 8 nitrogen and oxygen atoms in total. The molecular weight excluding hydrogens is 570 g/mol. The van der Waals surface area contributed by atoms with Crippen molar-refractivity contribution in [1.82, 2.24) is 5.43 Å². The summed E-state index contributed by atoms with van der Waals surface area (Å²) in [5, 5.41) is 14.8. The van der Waals surface area contributed by atoms with Gasteiger partial charge in [-0.1, -0.05) is 34.6 Å². The van der Waals surface area contributed by atoms with Crippen molar-refractivity contribution in [3.05, 3.63) is 60.5 Å². The van der Waals surface area contributed by atoms with Crippen LogP contribution in [0.25, 0.3) is 0 Å². The summed E-state index contributed by atoms with van der Waals surface area (Å²) < 4.78 is 12.3. The number of halogens is 2. The number of hydrazone groups is 1. The van der Waals surface area contributed by atoms with E-state index in [-0.39, 0.29) is 23.1 Å². The zero-order valence-corrected chi connectivity index (χ0v) is 23.2. The molecule has 10 heteroatoms. The maximum atomic E-state index is 12.2. The predicted octanol–water partition coefficient (Wildman–Crippen LogP) is 6.37. The number of nitrogens with zero attached hydrogens (tertiary/aromatic N) is 2. The van der Waals surface area contributed by atoms with Crippen LogP contribution in [0.4, 0.5) is 5.69 Å². The molecule has 34 heavy (non-hydrogen) atoms. The lowest BCUT2D eigenvalue weighted by molar-refractivity contribution is -0.384. The Labute approximate surface area is 216 Å². The number of rotatable bonds is 9. The van der Waals surface area contributed by atoms with Gasteiger partial charge < -0.3 is 9.47 Å². The van der Waals surface area contributed by atoms with Gasteiger partial charge in [-0.2, -0.15) is 5.10 Å². The van der Waals surface area contributed by atoms with Crippen LogP contribution in [0.2, 0.25) is 0 Å². The number of carbonyl (C=O) groups is 1. The van der Waals surface area contributed by atoms with Crippen LogP contribution in [0, 0.1) is 15.5 Å². The highest BCUT2D eigenvalue weighted by atomic mass is 79.9. The van der Waals surface area contributed by atoms with Crippen LogP contribution < -0.4 is 14.9 Å². The van der Waals surface area contributed by atoms with E-state index in [1.165, 1.54) is 31.5 Å². The minimum absolute atomic E-state index is 0.0541. The molecule has 0 saturated carbocycles. The zero-order valence-electron chi connectivity index (χ0n) is 20.1. The third-order valence-electron chi connectivity index (χ3n) is 4.92. The van der Waals surface area contributed by atoms with E-state index in [0.717, 1.165) is 20.9 Å². The van der Waals surface area contributed by atoms with Crippen LogP contribution in [0.3, 0.4) is 0 Å². The number of nitrogens with one attached hydrogen (secondary N) is 1. The Morgan fingerprint density at radius 2 is 1.76 bits per heavy atom. The number of ether oxygens (including phenoxy) is 2. The number of non-ortho nitro benzene ring substituents is 1. The minimum Gasteiger partial charge on any atom is -0.496 e. The molecule has 0 aromatic heterocycles. The molecule has 2 rings (SSSR count). The molecule has 0 radical (unpaired) electrons. The number of methoxy groups -OCH3 is 1. The molecule has 0 fully saturated rings. The molecule has 0 saturated heterocycles. The first-order valence-corrected chi connectivity index (χ1v) is 12.1. The third-order valence-corrected chi connectivity index (χ3v) is 6.09. The van der Waals surface area contributed by atoms with Gasteiger partial charge in [-0.25, -0.2) is 5.43 Å². The van der Waals surface area contributed by atoms with E-state index in [1.807, 2.05) is 12.1 Å². The van der Waals surface area contributed by atoms with Crippen LogP contribution in [-0.4, -0.2) is 30.8 Å². The number of hydrogen-bond acceptors (Lipinski definition) is 6. The van der Waals surface area contributed by atoms with Gasteiger partial charge >= 0.3 is 0 Å². The predicted molar refractivity (Wildman–Crippen MR) is 140 cm³/mol.